The second-order valence-electron chi connectivity index (χ2n) is 25.2. The average molecular weight is 1140 g/mol. The van der Waals surface area contributed by atoms with Gasteiger partial charge >= 0.3 is 17.9 Å². The van der Waals surface area contributed by atoms with E-state index in [1.54, 1.807) is 0 Å². The molecular weight excluding hydrogens is 997 g/mol. The first-order valence-electron chi connectivity index (χ1n) is 36.8. The van der Waals surface area contributed by atoms with Crippen molar-refractivity contribution in [3.8, 4) is 0 Å². The maximum atomic E-state index is 12.9. The van der Waals surface area contributed by atoms with Gasteiger partial charge in [-0.3, -0.25) is 14.4 Å². The van der Waals surface area contributed by atoms with Gasteiger partial charge in [-0.25, -0.2) is 0 Å². The Kier molecular flexibility index (Phi) is 68.5. The molecule has 0 fully saturated rings. The van der Waals surface area contributed by atoms with Crippen LogP contribution in [0, 0.1) is 0 Å². The summed E-state index contributed by atoms with van der Waals surface area (Å²) in [7, 11) is 0. The van der Waals surface area contributed by atoms with Crippen molar-refractivity contribution < 1.29 is 28.6 Å². The van der Waals surface area contributed by atoms with Gasteiger partial charge in [0.1, 0.15) is 13.2 Å². The van der Waals surface area contributed by atoms with Gasteiger partial charge in [-0.2, -0.15) is 0 Å². The van der Waals surface area contributed by atoms with Crippen LogP contribution in [0.1, 0.15) is 419 Å². The number of hydrogen-bond donors (Lipinski definition) is 0. The first kappa shape index (κ1) is 78.9. The fourth-order valence-corrected chi connectivity index (χ4v) is 11.4. The molecule has 1 atom stereocenters. The van der Waals surface area contributed by atoms with Crippen molar-refractivity contribution in [3.63, 3.8) is 0 Å². The fraction of sp³-hybridized carbons (Fsp3) is 0.907. The van der Waals surface area contributed by atoms with Crippen LogP contribution in [0.15, 0.2) is 24.3 Å². The summed E-state index contributed by atoms with van der Waals surface area (Å²) in [5.41, 5.74) is 0. The SMILES string of the molecule is CCCCCCC/C=C\C/C=C\CCCCCCCCCCCCCCCCCC(=O)OCC(COC(=O)CCCCCCCCCCC)OC(=O)CCCCCCCCCCCCCCCCCCCCCCCCCCCCC. The van der Waals surface area contributed by atoms with Crippen LogP contribution in [0.25, 0.3) is 0 Å². The number of carbonyl (C=O) groups is 3. The third kappa shape index (κ3) is 68.6. The summed E-state index contributed by atoms with van der Waals surface area (Å²) < 4.78 is 17.0. The fourth-order valence-electron chi connectivity index (χ4n) is 11.4. The third-order valence-electron chi connectivity index (χ3n) is 17.0. The highest BCUT2D eigenvalue weighted by atomic mass is 16.6. The van der Waals surface area contributed by atoms with Gasteiger partial charge in [-0.05, 0) is 51.4 Å². The molecule has 0 N–H and O–H groups in total. The summed E-state index contributed by atoms with van der Waals surface area (Å²) in [5.74, 6) is -0.834. The van der Waals surface area contributed by atoms with E-state index in [0.29, 0.717) is 19.3 Å². The highest BCUT2D eigenvalue weighted by Crippen LogP contribution is 2.19. The van der Waals surface area contributed by atoms with Crippen LogP contribution in [-0.2, 0) is 28.6 Å². The molecule has 81 heavy (non-hydrogen) atoms. The summed E-state index contributed by atoms with van der Waals surface area (Å²) in [6, 6.07) is 0. The number of rotatable bonds is 69. The topological polar surface area (TPSA) is 78.9 Å². The predicted octanol–water partition coefficient (Wildman–Crippen LogP) is 25.3. The third-order valence-corrected chi connectivity index (χ3v) is 17.0. The van der Waals surface area contributed by atoms with Crippen molar-refractivity contribution in [2.75, 3.05) is 13.2 Å². The summed E-state index contributed by atoms with van der Waals surface area (Å²) in [4.78, 5) is 38.3. The molecule has 6 heteroatoms. The average Bonchev–Trinajstić information content (AvgIpc) is 3.47. The van der Waals surface area contributed by atoms with Crippen molar-refractivity contribution >= 4 is 17.9 Å². The summed E-state index contributed by atoms with van der Waals surface area (Å²) in [5, 5.41) is 0. The van der Waals surface area contributed by atoms with Gasteiger partial charge in [-0.1, -0.05) is 373 Å². The maximum absolute atomic E-state index is 12.9. The number of esters is 3. The molecule has 0 aromatic heterocycles. The minimum atomic E-state index is -0.766. The van der Waals surface area contributed by atoms with Crippen molar-refractivity contribution in [2.24, 2.45) is 0 Å². The van der Waals surface area contributed by atoms with Crippen molar-refractivity contribution in [3.05, 3.63) is 24.3 Å². The molecule has 0 aliphatic rings. The van der Waals surface area contributed by atoms with E-state index in [2.05, 4.69) is 45.1 Å². The van der Waals surface area contributed by atoms with Crippen molar-refractivity contribution in [1.29, 1.82) is 0 Å². The Labute approximate surface area is 506 Å². The van der Waals surface area contributed by atoms with Crippen molar-refractivity contribution in [2.45, 2.75) is 425 Å². The Morgan fingerprint density at radius 1 is 0.247 bits per heavy atom. The molecule has 6 nitrogen and oxygen atoms in total. The molecule has 0 saturated carbocycles. The molecule has 1 unspecified atom stereocenters. The van der Waals surface area contributed by atoms with E-state index in [1.807, 2.05) is 0 Å². The molecule has 0 radical (unpaired) electrons. The molecule has 0 spiro atoms. The van der Waals surface area contributed by atoms with Crippen LogP contribution in [0.3, 0.4) is 0 Å². The monoisotopic (exact) mass is 1140 g/mol. The highest BCUT2D eigenvalue weighted by Gasteiger charge is 2.20. The Morgan fingerprint density at radius 3 is 0.679 bits per heavy atom. The zero-order chi connectivity index (χ0) is 58.5. The molecule has 0 aliphatic carbocycles. The summed E-state index contributed by atoms with van der Waals surface area (Å²) in [6.07, 6.45) is 86.7. The van der Waals surface area contributed by atoms with E-state index in [9.17, 15) is 14.4 Å². The second-order valence-corrected chi connectivity index (χ2v) is 25.2. The molecule has 0 aromatic rings. The van der Waals surface area contributed by atoms with Crippen LogP contribution in [0.4, 0.5) is 0 Å². The normalized spacial score (nSPS) is 12.1. The highest BCUT2D eigenvalue weighted by molar-refractivity contribution is 5.71. The van der Waals surface area contributed by atoms with E-state index in [0.717, 1.165) is 64.2 Å². The molecule has 478 valence electrons. The number of ether oxygens (including phenoxy) is 3. The van der Waals surface area contributed by atoms with Crippen LogP contribution >= 0.6 is 0 Å². The van der Waals surface area contributed by atoms with Crippen LogP contribution in [0.2, 0.25) is 0 Å². The smallest absolute Gasteiger partial charge is 0.306 e. The largest absolute Gasteiger partial charge is 0.462 e. The Bertz CT molecular complexity index is 1310. The summed E-state index contributed by atoms with van der Waals surface area (Å²) in [6.45, 7) is 6.69. The summed E-state index contributed by atoms with van der Waals surface area (Å²) >= 11 is 0. The lowest BCUT2D eigenvalue weighted by Crippen LogP contribution is -2.30. The van der Waals surface area contributed by atoms with Gasteiger partial charge < -0.3 is 14.2 Å². The van der Waals surface area contributed by atoms with Gasteiger partial charge in [0.25, 0.3) is 0 Å². The molecule has 0 rings (SSSR count). The molecule has 0 saturated heterocycles. The minimum Gasteiger partial charge on any atom is -0.462 e. The van der Waals surface area contributed by atoms with E-state index in [1.165, 1.54) is 315 Å². The van der Waals surface area contributed by atoms with Crippen LogP contribution in [0.5, 0.6) is 0 Å². The molecule has 0 amide bonds. The van der Waals surface area contributed by atoms with Gasteiger partial charge in [0, 0.05) is 19.3 Å². The first-order valence-corrected chi connectivity index (χ1v) is 36.8. The number of allylic oxidation sites excluding steroid dienone is 4. The first-order chi connectivity index (χ1) is 40.0. The van der Waals surface area contributed by atoms with E-state index >= 15 is 0 Å². The zero-order valence-electron chi connectivity index (χ0n) is 55.1. The minimum absolute atomic E-state index is 0.0644. The number of carbonyl (C=O) groups excluding carboxylic acids is 3. The Balaban J connectivity index is 4.07. The van der Waals surface area contributed by atoms with Gasteiger partial charge in [0.15, 0.2) is 6.10 Å². The Morgan fingerprint density at radius 2 is 0.444 bits per heavy atom. The number of unbranched alkanes of at least 4 members (excludes halogenated alkanes) is 54. The van der Waals surface area contributed by atoms with E-state index in [4.69, 9.17) is 14.2 Å². The standard InChI is InChI=1S/C75H142O6/c1-4-7-10-13-16-19-21-23-25-27-29-31-33-35-37-39-41-43-45-47-49-51-53-56-59-62-65-68-74(77)80-71-72(70-79-73(76)67-64-61-58-55-18-15-12-9-6-3)81-75(78)69-66-63-60-57-54-52-50-48-46-44-42-40-38-36-34-32-30-28-26-24-22-20-17-14-11-8-5-2/h21,23,27,29,72H,4-20,22,24-26,28,30-71H2,1-3H3/b23-21-,29-27-. The van der Waals surface area contributed by atoms with E-state index < -0.39 is 6.10 Å². The Hall–Kier alpha value is -2.11. The van der Waals surface area contributed by atoms with Gasteiger partial charge in [0.2, 0.25) is 0 Å². The molecule has 0 heterocycles. The quantitative estimate of drug-likeness (QED) is 0.0261. The van der Waals surface area contributed by atoms with Gasteiger partial charge in [0.05, 0.1) is 0 Å². The number of hydrogen-bond acceptors (Lipinski definition) is 6. The lowest BCUT2D eigenvalue weighted by atomic mass is 10.0. The molecule has 0 aromatic carbocycles. The lowest BCUT2D eigenvalue weighted by Gasteiger charge is -2.18. The van der Waals surface area contributed by atoms with Crippen molar-refractivity contribution in [1.82, 2.24) is 0 Å². The zero-order valence-corrected chi connectivity index (χ0v) is 55.1. The second kappa shape index (κ2) is 70.4. The molecule has 0 aliphatic heterocycles. The maximum Gasteiger partial charge on any atom is 0.306 e. The van der Waals surface area contributed by atoms with Crippen LogP contribution in [-0.4, -0.2) is 37.2 Å². The predicted molar refractivity (Wildman–Crippen MR) is 353 cm³/mol. The molecular formula is C75H142O6. The van der Waals surface area contributed by atoms with Gasteiger partial charge in [-0.15, -0.1) is 0 Å². The van der Waals surface area contributed by atoms with Crippen LogP contribution < -0.4 is 0 Å². The molecule has 0 bridgehead atoms. The van der Waals surface area contributed by atoms with E-state index in [-0.39, 0.29) is 31.1 Å². The lowest BCUT2D eigenvalue weighted by molar-refractivity contribution is -0.167.